The lowest BCUT2D eigenvalue weighted by atomic mass is 9.99. The molecule has 1 atom stereocenters. The molecule has 1 saturated heterocycles. The van der Waals surface area contributed by atoms with Gasteiger partial charge in [0, 0.05) is 31.6 Å². The van der Waals surface area contributed by atoms with Crippen LogP contribution in [-0.2, 0) is 4.74 Å². The van der Waals surface area contributed by atoms with Gasteiger partial charge < -0.3 is 20.1 Å². The third-order valence-electron chi connectivity index (χ3n) is 4.63. The van der Waals surface area contributed by atoms with Crippen LogP contribution in [0.5, 0.6) is 5.75 Å². The predicted molar refractivity (Wildman–Crippen MR) is 112 cm³/mol. The zero-order chi connectivity index (χ0) is 18.8. The average molecular weight is 380 g/mol. The van der Waals surface area contributed by atoms with E-state index in [1.54, 1.807) is 0 Å². The van der Waals surface area contributed by atoms with Gasteiger partial charge in [-0.15, -0.1) is 0 Å². The maximum Gasteiger partial charge on any atom is 0.191 e. The molecule has 0 aliphatic carbocycles. The minimum Gasteiger partial charge on any atom is -0.489 e. The summed E-state index contributed by atoms with van der Waals surface area (Å²) in [5.74, 6) is 2.88. The number of hydrogen-bond acceptors (Lipinski definition) is 4. The summed E-state index contributed by atoms with van der Waals surface area (Å²) in [5.41, 5.74) is 1.15. The van der Waals surface area contributed by atoms with Crippen LogP contribution in [0.1, 0.15) is 32.3 Å². The van der Waals surface area contributed by atoms with Gasteiger partial charge >= 0.3 is 0 Å². The number of benzene rings is 1. The Morgan fingerprint density at radius 3 is 2.69 bits per heavy atom. The van der Waals surface area contributed by atoms with Gasteiger partial charge in [-0.3, -0.25) is 4.99 Å². The Kier molecular flexibility index (Phi) is 8.59. The van der Waals surface area contributed by atoms with Crippen molar-refractivity contribution in [3.8, 4) is 5.75 Å². The van der Waals surface area contributed by atoms with Crippen molar-refractivity contribution in [3.63, 3.8) is 0 Å². The standard InChI is InChI=1S/C20H33N3O2S/c1-5-26-20(10-12-24-13-11-20)15-23-19(21-4)22-14-17(3)25-18-9-7-6-8-16(18)2/h6-9,17H,5,10-15H2,1-4H3,(H2,21,22,23). The van der Waals surface area contributed by atoms with E-state index >= 15 is 0 Å². The number of aliphatic imine (C=N–C) groups is 1. The lowest BCUT2D eigenvalue weighted by molar-refractivity contribution is 0.0782. The van der Waals surface area contributed by atoms with Crippen molar-refractivity contribution in [2.45, 2.75) is 44.5 Å². The van der Waals surface area contributed by atoms with Crippen molar-refractivity contribution in [3.05, 3.63) is 29.8 Å². The first-order chi connectivity index (χ1) is 12.6. The Labute approximate surface area is 162 Å². The number of nitrogens with one attached hydrogen (secondary N) is 2. The number of ether oxygens (including phenoxy) is 2. The molecular weight excluding hydrogens is 346 g/mol. The molecule has 26 heavy (non-hydrogen) atoms. The molecule has 1 aliphatic rings. The van der Waals surface area contributed by atoms with E-state index in [1.165, 1.54) is 0 Å². The Balaban J connectivity index is 1.80. The summed E-state index contributed by atoms with van der Waals surface area (Å²) in [6.45, 7) is 9.66. The second-order valence-corrected chi connectivity index (χ2v) is 8.46. The molecule has 0 radical (unpaired) electrons. The van der Waals surface area contributed by atoms with E-state index in [0.29, 0.717) is 6.54 Å². The van der Waals surface area contributed by atoms with Crippen LogP contribution in [0, 0.1) is 6.92 Å². The molecule has 1 aromatic carbocycles. The fraction of sp³-hybridized carbons (Fsp3) is 0.650. The molecule has 1 fully saturated rings. The van der Waals surface area contributed by atoms with Crippen molar-refractivity contribution >= 4 is 17.7 Å². The topological polar surface area (TPSA) is 54.9 Å². The molecule has 0 saturated carbocycles. The first kappa shape index (κ1) is 20.9. The highest BCUT2D eigenvalue weighted by atomic mass is 32.2. The van der Waals surface area contributed by atoms with E-state index in [2.05, 4.69) is 42.5 Å². The molecule has 0 bridgehead atoms. The molecule has 1 unspecified atom stereocenters. The summed E-state index contributed by atoms with van der Waals surface area (Å²) in [4.78, 5) is 4.36. The van der Waals surface area contributed by atoms with Crippen molar-refractivity contribution in [2.75, 3.05) is 39.1 Å². The smallest absolute Gasteiger partial charge is 0.191 e. The van der Waals surface area contributed by atoms with Crippen LogP contribution in [-0.4, -0.2) is 55.9 Å². The minimum atomic E-state index is 0.0525. The van der Waals surface area contributed by atoms with Crippen LogP contribution >= 0.6 is 11.8 Å². The Morgan fingerprint density at radius 2 is 2.04 bits per heavy atom. The quantitative estimate of drug-likeness (QED) is 0.536. The number of para-hydroxylation sites is 1. The summed E-state index contributed by atoms with van der Waals surface area (Å²) in [7, 11) is 1.81. The Hall–Kier alpha value is -1.40. The number of aryl methyl sites for hydroxylation is 1. The number of thioether (sulfide) groups is 1. The van der Waals surface area contributed by atoms with Crippen molar-refractivity contribution in [1.29, 1.82) is 0 Å². The molecule has 1 heterocycles. The summed E-state index contributed by atoms with van der Waals surface area (Å²) >= 11 is 2.03. The van der Waals surface area contributed by atoms with E-state index in [1.807, 2.05) is 37.0 Å². The normalized spacial score (nSPS) is 18.2. The molecule has 6 heteroatoms. The third kappa shape index (κ3) is 6.40. The fourth-order valence-electron chi connectivity index (χ4n) is 3.07. The zero-order valence-corrected chi connectivity index (χ0v) is 17.3. The number of rotatable bonds is 8. The van der Waals surface area contributed by atoms with Gasteiger partial charge in [0.15, 0.2) is 5.96 Å². The minimum absolute atomic E-state index is 0.0525. The van der Waals surface area contributed by atoms with Gasteiger partial charge in [-0.2, -0.15) is 11.8 Å². The molecule has 0 spiro atoms. The van der Waals surface area contributed by atoms with Crippen LogP contribution in [0.25, 0.3) is 0 Å². The van der Waals surface area contributed by atoms with Gasteiger partial charge in [-0.1, -0.05) is 25.1 Å². The highest BCUT2D eigenvalue weighted by Gasteiger charge is 2.32. The van der Waals surface area contributed by atoms with E-state index in [9.17, 15) is 0 Å². The fourth-order valence-corrected chi connectivity index (χ4v) is 4.32. The number of hydrogen-bond donors (Lipinski definition) is 2. The average Bonchev–Trinajstić information content (AvgIpc) is 2.65. The van der Waals surface area contributed by atoms with E-state index < -0.39 is 0 Å². The van der Waals surface area contributed by atoms with Crippen LogP contribution < -0.4 is 15.4 Å². The molecular formula is C20H33N3O2S. The SMILES string of the molecule is CCSC1(CNC(=NC)NCC(C)Oc2ccccc2C)CCOCC1. The predicted octanol–water partition coefficient (Wildman–Crippen LogP) is 3.23. The van der Waals surface area contributed by atoms with Gasteiger partial charge in [0.25, 0.3) is 0 Å². The van der Waals surface area contributed by atoms with Crippen LogP contribution in [0.3, 0.4) is 0 Å². The van der Waals surface area contributed by atoms with Crippen LogP contribution in [0.2, 0.25) is 0 Å². The second-order valence-electron chi connectivity index (χ2n) is 6.73. The van der Waals surface area contributed by atoms with Gasteiger partial charge in [0.2, 0.25) is 0 Å². The third-order valence-corrected chi connectivity index (χ3v) is 6.09. The maximum absolute atomic E-state index is 6.03. The van der Waals surface area contributed by atoms with Crippen molar-refractivity contribution in [2.24, 2.45) is 4.99 Å². The monoisotopic (exact) mass is 379 g/mol. The molecule has 1 aromatic rings. The molecule has 0 amide bonds. The van der Waals surface area contributed by atoms with Gasteiger partial charge in [-0.05, 0) is 44.1 Å². The van der Waals surface area contributed by atoms with E-state index in [-0.39, 0.29) is 10.9 Å². The first-order valence-corrected chi connectivity index (χ1v) is 10.5. The summed E-state index contributed by atoms with van der Waals surface area (Å²) in [5, 5.41) is 6.88. The van der Waals surface area contributed by atoms with Crippen LogP contribution in [0.4, 0.5) is 0 Å². The van der Waals surface area contributed by atoms with Crippen LogP contribution in [0.15, 0.2) is 29.3 Å². The molecule has 2 N–H and O–H groups in total. The largest absolute Gasteiger partial charge is 0.489 e. The maximum atomic E-state index is 6.03. The summed E-state index contributed by atoms with van der Waals surface area (Å²) in [6, 6.07) is 8.10. The molecule has 5 nitrogen and oxygen atoms in total. The number of guanidine groups is 1. The highest BCUT2D eigenvalue weighted by Crippen LogP contribution is 2.34. The van der Waals surface area contributed by atoms with Crippen molar-refractivity contribution in [1.82, 2.24) is 10.6 Å². The summed E-state index contributed by atoms with van der Waals surface area (Å²) in [6.07, 6.45) is 2.22. The van der Waals surface area contributed by atoms with Crippen molar-refractivity contribution < 1.29 is 9.47 Å². The molecule has 1 aliphatic heterocycles. The summed E-state index contributed by atoms with van der Waals surface area (Å²) < 4.78 is 11.8. The second kappa shape index (κ2) is 10.7. The Morgan fingerprint density at radius 1 is 1.31 bits per heavy atom. The van der Waals surface area contributed by atoms with E-state index in [0.717, 1.165) is 55.6 Å². The first-order valence-electron chi connectivity index (χ1n) is 9.47. The molecule has 0 aromatic heterocycles. The Bertz CT molecular complexity index is 568. The van der Waals surface area contributed by atoms with Gasteiger partial charge in [0.1, 0.15) is 11.9 Å². The molecule has 146 valence electrons. The number of nitrogens with zero attached hydrogens (tertiary/aromatic N) is 1. The highest BCUT2D eigenvalue weighted by molar-refractivity contribution is 8.00. The zero-order valence-electron chi connectivity index (χ0n) is 16.5. The van der Waals surface area contributed by atoms with Gasteiger partial charge in [0.05, 0.1) is 6.54 Å². The van der Waals surface area contributed by atoms with E-state index in [4.69, 9.17) is 9.47 Å². The van der Waals surface area contributed by atoms with Gasteiger partial charge in [-0.25, -0.2) is 0 Å². The lowest BCUT2D eigenvalue weighted by Gasteiger charge is -2.37. The molecule has 2 rings (SSSR count). The lowest BCUT2D eigenvalue weighted by Crippen LogP contribution is -2.49.